The Hall–Kier alpha value is -2.25. The lowest BCUT2D eigenvalue weighted by molar-refractivity contribution is -0.139. The minimum Gasteiger partial charge on any atom is -0.482 e. The number of rotatable bonds is 8. The zero-order valence-electron chi connectivity index (χ0n) is 13.3. The largest absolute Gasteiger partial charge is 0.482 e. The van der Waals surface area contributed by atoms with Gasteiger partial charge in [0.25, 0.3) is 5.91 Å². The van der Waals surface area contributed by atoms with E-state index in [2.05, 4.69) is 10.5 Å². The summed E-state index contributed by atoms with van der Waals surface area (Å²) in [5, 5.41) is 15.8. The number of amides is 1. The van der Waals surface area contributed by atoms with E-state index >= 15 is 0 Å². The van der Waals surface area contributed by atoms with E-state index in [1.165, 1.54) is 6.07 Å². The molecule has 7 nitrogen and oxygen atoms in total. The molecule has 1 aromatic carbocycles. The van der Waals surface area contributed by atoms with Crippen molar-refractivity contribution in [2.75, 3.05) is 0 Å². The molecule has 1 heterocycles. The molecule has 0 aliphatic rings. The van der Waals surface area contributed by atoms with Crippen LogP contribution in [0.25, 0.3) is 0 Å². The van der Waals surface area contributed by atoms with Crippen molar-refractivity contribution in [2.24, 2.45) is 0 Å². The summed E-state index contributed by atoms with van der Waals surface area (Å²) in [6, 6.07) is 5.33. The lowest BCUT2D eigenvalue weighted by Crippen LogP contribution is -2.40. The number of carboxylic acid groups (broad SMARTS) is 1. The number of aromatic nitrogens is 1. The van der Waals surface area contributed by atoms with Crippen molar-refractivity contribution in [2.45, 2.75) is 32.4 Å². The van der Waals surface area contributed by atoms with Crippen LogP contribution in [0.4, 0.5) is 0 Å². The van der Waals surface area contributed by atoms with Crippen LogP contribution < -0.4 is 10.1 Å². The number of hydrogen-bond acceptors (Lipinski definition) is 5. The van der Waals surface area contributed by atoms with Gasteiger partial charge in [0.1, 0.15) is 12.6 Å². The summed E-state index contributed by atoms with van der Waals surface area (Å²) in [4.78, 5) is 23.1. The normalized spacial score (nSPS) is 11.8. The predicted octanol–water partition coefficient (Wildman–Crippen LogP) is 3.54. The monoisotopic (exact) mass is 386 g/mol. The molecular formula is C16H16Cl2N2O5. The predicted molar refractivity (Wildman–Crippen MR) is 91.1 cm³/mol. The molecule has 0 bridgehead atoms. The number of nitrogens with one attached hydrogen (secondary N) is 1. The number of ether oxygens (including phenoxy) is 1. The molecule has 1 unspecified atom stereocenters. The van der Waals surface area contributed by atoms with Crippen molar-refractivity contribution < 1.29 is 24.0 Å². The SMILES string of the molecule is CCCC(NC(=O)c1cc(COc2c(Cl)cccc2Cl)on1)C(=O)O. The van der Waals surface area contributed by atoms with Crippen molar-refractivity contribution in [1.82, 2.24) is 10.5 Å². The highest BCUT2D eigenvalue weighted by atomic mass is 35.5. The number of para-hydroxylation sites is 1. The van der Waals surface area contributed by atoms with Crippen LogP contribution in [0.15, 0.2) is 28.8 Å². The number of benzene rings is 1. The summed E-state index contributed by atoms with van der Waals surface area (Å²) in [5.41, 5.74) is -0.0359. The van der Waals surface area contributed by atoms with Crippen molar-refractivity contribution in [3.05, 3.63) is 45.8 Å². The molecule has 0 aliphatic heterocycles. The molecule has 0 fully saturated rings. The van der Waals surface area contributed by atoms with Crippen molar-refractivity contribution in [3.63, 3.8) is 0 Å². The maximum Gasteiger partial charge on any atom is 0.326 e. The van der Waals surface area contributed by atoms with E-state index in [0.717, 1.165) is 0 Å². The molecule has 0 saturated heterocycles. The Bertz CT molecular complexity index is 742. The molecule has 2 rings (SSSR count). The molecule has 0 spiro atoms. The van der Waals surface area contributed by atoms with E-state index in [4.69, 9.17) is 37.6 Å². The van der Waals surface area contributed by atoms with Gasteiger partial charge in [-0.1, -0.05) is 47.8 Å². The molecule has 0 saturated carbocycles. The van der Waals surface area contributed by atoms with Crippen LogP contribution in [0.1, 0.15) is 36.0 Å². The molecule has 25 heavy (non-hydrogen) atoms. The van der Waals surface area contributed by atoms with Gasteiger partial charge in [0, 0.05) is 6.07 Å². The minimum absolute atomic E-state index is 0.0359. The topological polar surface area (TPSA) is 102 Å². The third kappa shape index (κ3) is 5.11. The summed E-state index contributed by atoms with van der Waals surface area (Å²) in [6.07, 6.45) is 0.938. The van der Waals surface area contributed by atoms with Crippen molar-refractivity contribution >= 4 is 35.1 Å². The second-order valence-electron chi connectivity index (χ2n) is 5.17. The van der Waals surface area contributed by atoms with Gasteiger partial charge in [-0.3, -0.25) is 4.79 Å². The molecule has 1 aromatic heterocycles. The first-order chi connectivity index (χ1) is 11.9. The number of nitrogens with zero attached hydrogens (tertiary/aromatic N) is 1. The second kappa shape index (κ2) is 8.73. The lowest BCUT2D eigenvalue weighted by atomic mass is 10.1. The fourth-order valence-electron chi connectivity index (χ4n) is 2.03. The average Bonchev–Trinajstić information content (AvgIpc) is 3.03. The van der Waals surface area contributed by atoms with Crippen LogP contribution in [-0.4, -0.2) is 28.2 Å². The highest BCUT2D eigenvalue weighted by molar-refractivity contribution is 6.37. The van der Waals surface area contributed by atoms with Crippen LogP contribution >= 0.6 is 23.2 Å². The van der Waals surface area contributed by atoms with E-state index in [1.807, 2.05) is 6.92 Å². The van der Waals surface area contributed by atoms with Gasteiger partial charge in [0.2, 0.25) is 0 Å². The first kappa shape index (κ1) is 19.1. The lowest BCUT2D eigenvalue weighted by Gasteiger charge is -2.11. The third-order valence-electron chi connectivity index (χ3n) is 3.25. The number of aliphatic carboxylic acids is 1. The molecule has 9 heteroatoms. The van der Waals surface area contributed by atoms with E-state index in [-0.39, 0.29) is 18.1 Å². The molecule has 1 amide bonds. The first-order valence-corrected chi connectivity index (χ1v) is 8.24. The Morgan fingerprint density at radius 3 is 2.64 bits per heavy atom. The number of hydrogen-bond donors (Lipinski definition) is 2. The van der Waals surface area contributed by atoms with Crippen LogP contribution in [-0.2, 0) is 11.4 Å². The van der Waals surface area contributed by atoms with E-state index in [1.54, 1.807) is 18.2 Å². The fourth-order valence-corrected chi connectivity index (χ4v) is 2.54. The van der Waals surface area contributed by atoms with Crippen molar-refractivity contribution in [1.29, 1.82) is 0 Å². The van der Waals surface area contributed by atoms with Crippen LogP contribution in [0.3, 0.4) is 0 Å². The number of carboxylic acids is 1. The van der Waals surface area contributed by atoms with Gasteiger partial charge in [-0.05, 0) is 18.6 Å². The summed E-state index contributed by atoms with van der Waals surface area (Å²) in [6.45, 7) is 1.79. The van der Waals surface area contributed by atoms with Crippen LogP contribution in [0.5, 0.6) is 5.75 Å². The molecular weight excluding hydrogens is 371 g/mol. The van der Waals surface area contributed by atoms with E-state index < -0.39 is 17.9 Å². The quantitative estimate of drug-likeness (QED) is 0.719. The Balaban J connectivity index is 1.99. The third-order valence-corrected chi connectivity index (χ3v) is 3.85. The van der Waals surface area contributed by atoms with Gasteiger partial charge in [0.05, 0.1) is 10.0 Å². The summed E-state index contributed by atoms with van der Waals surface area (Å²) < 4.78 is 10.5. The number of halogens is 2. The highest BCUT2D eigenvalue weighted by Gasteiger charge is 2.22. The van der Waals surface area contributed by atoms with Gasteiger partial charge in [-0.2, -0.15) is 0 Å². The maximum atomic E-state index is 12.1. The zero-order chi connectivity index (χ0) is 18.4. The molecule has 0 radical (unpaired) electrons. The smallest absolute Gasteiger partial charge is 0.326 e. The summed E-state index contributed by atoms with van der Waals surface area (Å²) >= 11 is 12.0. The first-order valence-electron chi connectivity index (χ1n) is 7.48. The molecule has 134 valence electrons. The summed E-state index contributed by atoms with van der Waals surface area (Å²) in [7, 11) is 0. The second-order valence-corrected chi connectivity index (χ2v) is 5.99. The minimum atomic E-state index is -1.10. The molecule has 0 aliphatic carbocycles. The van der Waals surface area contributed by atoms with E-state index in [9.17, 15) is 9.59 Å². The standard InChI is InChI=1S/C16H16Cl2N2O5/c1-2-4-12(16(22)23)19-15(21)13-7-9(25-20-13)8-24-14-10(17)5-3-6-11(14)18/h3,5-7,12H,2,4,8H2,1H3,(H,19,21)(H,22,23). The Morgan fingerprint density at radius 1 is 1.36 bits per heavy atom. The van der Waals surface area contributed by atoms with Crippen LogP contribution in [0, 0.1) is 0 Å². The van der Waals surface area contributed by atoms with Crippen LogP contribution in [0.2, 0.25) is 10.0 Å². The van der Waals surface area contributed by atoms with Crippen molar-refractivity contribution in [3.8, 4) is 5.75 Å². The molecule has 1 atom stereocenters. The van der Waals surface area contributed by atoms with Gasteiger partial charge >= 0.3 is 5.97 Å². The fraction of sp³-hybridized carbons (Fsp3) is 0.312. The van der Waals surface area contributed by atoms with Gasteiger partial charge < -0.3 is 19.7 Å². The van der Waals surface area contributed by atoms with Gasteiger partial charge in [-0.25, -0.2) is 4.79 Å². The highest BCUT2D eigenvalue weighted by Crippen LogP contribution is 2.32. The summed E-state index contributed by atoms with van der Waals surface area (Å²) in [5.74, 6) is -1.17. The Morgan fingerprint density at radius 2 is 2.04 bits per heavy atom. The molecule has 2 N–H and O–H groups in total. The zero-order valence-corrected chi connectivity index (χ0v) is 14.8. The maximum absolute atomic E-state index is 12.1. The number of carbonyl (C=O) groups excluding carboxylic acids is 1. The van der Waals surface area contributed by atoms with Gasteiger partial charge in [0.15, 0.2) is 17.2 Å². The Kier molecular flexibility index (Phi) is 6.66. The molecule has 2 aromatic rings. The van der Waals surface area contributed by atoms with Gasteiger partial charge in [-0.15, -0.1) is 0 Å². The number of carbonyl (C=O) groups is 2. The van der Waals surface area contributed by atoms with E-state index in [0.29, 0.717) is 28.6 Å². The average molecular weight is 387 g/mol. The Labute approximate surface area is 153 Å².